The third-order valence-electron chi connectivity index (χ3n) is 5.79. The number of nitrogens with one attached hydrogen (secondary N) is 1. The Morgan fingerprint density at radius 1 is 1.06 bits per heavy atom. The fourth-order valence-electron chi connectivity index (χ4n) is 3.92. The van der Waals surface area contributed by atoms with Crippen molar-refractivity contribution >= 4 is 5.91 Å². The zero-order valence-electron chi connectivity index (χ0n) is 17.1. The summed E-state index contributed by atoms with van der Waals surface area (Å²) in [5, 5.41) is 3.01. The summed E-state index contributed by atoms with van der Waals surface area (Å²) in [4.78, 5) is 16.6. The summed E-state index contributed by atoms with van der Waals surface area (Å²) in [5.41, 5.74) is 1.06. The van der Waals surface area contributed by atoms with Crippen molar-refractivity contribution in [2.45, 2.75) is 31.1 Å². The molecule has 2 heterocycles. The fraction of sp³-hybridized carbons (Fsp3) is 0.333. The maximum atomic E-state index is 13.9. The van der Waals surface area contributed by atoms with Crippen molar-refractivity contribution in [2.75, 3.05) is 19.8 Å². The summed E-state index contributed by atoms with van der Waals surface area (Å²) < 4.78 is 38.4. The Bertz CT molecular complexity index is 1030. The molecule has 3 aromatic rings. The molecular weight excluding hydrogens is 402 g/mol. The van der Waals surface area contributed by atoms with E-state index >= 15 is 0 Å². The Labute approximate surface area is 179 Å². The highest BCUT2D eigenvalue weighted by atomic mass is 19.1. The molecule has 1 aromatic heterocycles. The largest absolute Gasteiger partial charge is 0.441 e. The van der Waals surface area contributed by atoms with Crippen LogP contribution in [0.25, 0.3) is 11.3 Å². The van der Waals surface area contributed by atoms with Gasteiger partial charge in [0, 0.05) is 38.0 Å². The summed E-state index contributed by atoms with van der Waals surface area (Å²) >= 11 is 0. The van der Waals surface area contributed by atoms with E-state index < -0.39 is 0 Å². The third kappa shape index (κ3) is 4.99. The van der Waals surface area contributed by atoms with Crippen molar-refractivity contribution in [3.05, 3.63) is 77.8 Å². The maximum Gasteiger partial charge on any atom is 0.220 e. The number of amides is 1. The van der Waals surface area contributed by atoms with Crippen LogP contribution in [0.3, 0.4) is 0 Å². The molecule has 0 unspecified atom stereocenters. The number of nitrogens with zero attached hydrogens (tertiary/aromatic N) is 1. The van der Waals surface area contributed by atoms with Gasteiger partial charge in [0.15, 0.2) is 11.7 Å². The summed E-state index contributed by atoms with van der Waals surface area (Å²) in [7, 11) is 0. The van der Waals surface area contributed by atoms with Crippen molar-refractivity contribution < 1.29 is 22.7 Å². The molecule has 2 aromatic carbocycles. The van der Waals surface area contributed by atoms with E-state index in [4.69, 9.17) is 9.15 Å². The van der Waals surface area contributed by atoms with Gasteiger partial charge in [-0.3, -0.25) is 4.79 Å². The Morgan fingerprint density at radius 3 is 2.55 bits per heavy atom. The van der Waals surface area contributed by atoms with Crippen molar-refractivity contribution in [1.29, 1.82) is 0 Å². The van der Waals surface area contributed by atoms with Crippen molar-refractivity contribution in [3.8, 4) is 11.3 Å². The Balaban J connectivity index is 1.35. The Hall–Kier alpha value is -3.06. The van der Waals surface area contributed by atoms with E-state index in [1.54, 1.807) is 30.3 Å². The van der Waals surface area contributed by atoms with Crippen LogP contribution in [-0.2, 0) is 21.4 Å². The van der Waals surface area contributed by atoms with Crippen LogP contribution in [0.15, 0.2) is 59.1 Å². The Kier molecular flexibility index (Phi) is 6.42. The van der Waals surface area contributed by atoms with Crippen molar-refractivity contribution in [2.24, 2.45) is 0 Å². The zero-order valence-corrected chi connectivity index (χ0v) is 17.1. The molecule has 4 rings (SSSR count). The lowest BCUT2D eigenvalue weighted by Gasteiger charge is -2.38. The van der Waals surface area contributed by atoms with Crippen LogP contribution in [0.5, 0.6) is 0 Å². The van der Waals surface area contributed by atoms with Gasteiger partial charge in [0.25, 0.3) is 0 Å². The summed E-state index contributed by atoms with van der Waals surface area (Å²) in [6.45, 7) is 1.65. The number of aromatic nitrogens is 1. The van der Waals surface area contributed by atoms with E-state index in [2.05, 4.69) is 10.3 Å². The molecule has 0 atom stereocenters. The third-order valence-corrected chi connectivity index (χ3v) is 5.79. The lowest BCUT2D eigenvalue weighted by molar-refractivity contribution is -0.121. The second kappa shape index (κ2) is 9.39. The van der Waals surface area contributed by atoms with Crippen LogP contribution >= 0.6 is 0 Å². The van der Waals surface area contributed by atoms with Crippen LogP contribution < -0.4 is 5.32 Å². The molecule has 31 heavy (non-hydrogen) atoms. The smallest absolute Gasteiger partial charge is 0.220 e. The number of halogens is 2. The average Bonchev–Trinajstić information content (AvgIpc) is 3.26. The first-order chi connectivity index (χ1) is 15.1. The maximum absolute atomic E-state index is 13.9. The fourth-order valence-corrected chi connectivity index (χ4v) is 3.92. The number of benzene rings is 2. The minimum absolute atomic E-state index is 0.126. The minimum Gasteiger partial charge on any atom is -0.441 e. The van der Waals surface area contributed by atoms with Crippen molar-refractivity contribution in [1.82, 2.24) is 10.3 Å². The molecule has 7 heteroatoms. The van der Waals surface area contributed by atoms with E-state index in [-0.39, 0.29) is 29.4 Å². The van der Waals surface area contributed by atoms with Gasteiger partial charge < -0.3 is 14.5 Å². The highest BCUT2D eigenvalue weighted by Gasteiger charge is 2.34. The van der Waals surface area contributed by atoms with Gasteiger partial charge in [-0.2, -0.15) is 0 Å². The number of aryl methyl sites for hydroxylation is 1. The number of rotatable bonds is 7. The summed E-state index contributed by atoms with van der Waals surface area (Å²) in [6.07, 6.45) is 3.49. The predicted molar refractivity (Wildman–Crippen MR) is 111 cm³/mol. The van der Waals surface area contributed by atoms with Gasteiger partial charge in [-0.25, -0.2) is 13.8 Å². The molecule has 162 valence electrons. The molecular formula is C24H24F2N2O3. The van der Waals surface area contributed by atoms with Gasteiger partial charge in [0.2, 0.25) is 5.91 Å². The number of hydrogen-bond donors (Lipinski definition) is 1. The number of carbonyl (C=O) groups is 1. The second-order valence-electron chi connectivity index (χ2n) is 7.77. The zero-order chi connectivity index (χ0) is 21.7. The monoisotopic (exact) mass is 426 g/mol. The van der Waals surface area contributed by atoms with E-state index in [1.165, 1.54) is 24.4 Å². The van der Waals surface area contributed by atoms with Crippen LogP contribution in [0, 0.1) is 11.6 Å². The molecule has 1 amide bonds. The molecule has 1 aliphatic rings. The number of hydrogen-bond acceptors (Lipinski definition) is 4. The molecule has 1 saturated heterocycles. The number of oxazole rings is 1. The molecule has 1 fully saturated rings. The lowest BCUT2D eigenvalue weighted by atomic mass is 9.74. The van der Waals surface area contributed by atoms with Gasteiger partial charge in [-0.1, -0.05) is 24.3 Å². The molecule has 0 spiro atoms. The quantitative estimate of drug-likeness (QED) is 0.608. The topological polar surface area (TPSA) is 64.4 Å². The summed E-state index contributed by atoms with van der Waals surface area (Å²) in [6, 6.07) is 12.8. The average molecular weight is 426 g/mol. The van der Waals surface area contributed by atoms with E-state index in [0.717, 1.165) is 18.4 Å². The van der Waals surface area contributed by atoms with Crippen molar-refractivity contribution in [3.63, 3.8) is 0 Å². The van der Waals surface area contributed by atoms with Gasteiger partial charge in [0.1, 0.15) is 11.6 Å². The molecule has 5 nitrogen and oxygen atoms in total. The van der Waals surface area contributed by atoms with Gasteiger partial charge >= 0.3 is 0 Å². The van der Waals surface area contributed by atoms with Crippen LogP contribution in [0.2, 0.25) is 0 Å². The van der Waals surface area contributed by atoms with Crippen LogP contribution in [-0.4, -0.2) is 30.6 Å². The van der Waals surface area contributed by atoms with Gasteiger partial charge in [-0.05, 0) is 42.7 Å². The predicted octanol–water partition coefficient (Wildman–Crippen LogP) is 4.42. The van der Waals surface area contributed by atoms with E-state index in [0.29, 0.717) is 43.4 Å². The second-order valence-corrected chi connectivity index (χ2v) is 7.77. The Morgan fingerprint density at radius 2 is 1.81 bits per heavy atom. The highest BCUT2D eigenvalue weighted by Crippen LogP contribution is 2.34. The van der Waals surface area contributed by atoms with Crippen LogP contribution in [0.4, 0.5) is 8.78 Å². The molecule has 0 aliphatic carbocycles. The molecule has 0 bridgehead atoms. The normalized spacial score (nSPS) is 15.5. The minimum atomic E-state index is -0.384. The van der Waals surface area contributed by atoms with Gasteiger partial charge in [0.05, 0.1) is 11.8 Å². The standard InChI is InChI=1S/C24H24F2N2O3/c25-18-7-5-17(6-8-18)24(11-13-30-14-12-24)16-28-22(29)9-10-23-27-15-21(31-23)19-3-1-2-4-20(19)26/h1-8,15H,9-14,16H2,(H,28,29). The highest BCUT2D eigenvalue weighted by molar-refractivity contribution is 5.76. The van der Waals surface area contributed by atoms with E-state index in [1.807, 2.05) is 0 Å². The molecule has 1 N–H and O–H groups in total. The van der Waals surface area contributed by atoms with Gasteiger partial charge in [-0.15, -0.1) is 0 Å². The first kappa shape index (κ1) is 21.2. The molecule has 0 saturated carbocycles. The number of carbonyl (C=O) groups excluding carboxylic acids is 1. The molecule has 0 radical (unpaired) electrons. The van der Waals surface area contributed by atoms with E-state index in [9.17, 15) is 13.6 Å². The SMILES string of the molecule is O=C(CCc1ncc(-c2ccccc2F)o1)NCC1(c2ccc(F)cc2)CCOCC1. The molecule has 1 aliphatic heterocycles. The van der Waals surface area contributed by atoms with Crippen LogP contribution in [0.1, 0.15) is 30.7 Å². The number of ether oxygens (including phenoxy) is 1. The first-order valence-electron chi connectivity index (χ1n) is 10.4. The lowest BCUT2D eigenvalue weighted by Crippen LogP contribution is -2.44. The first-order valence-corrected chi connectivity index (χ1v) is 10.4. The summed E-state index contributed by atoms with van der Waals surface area (Å²) in [5.74, 6) is -0.0708.